The van der Waals surface area contributed by atoms with E-state index in [4.69, 9.17) is 10.7 Å². The highest BCUT2D eigenvalue weighted by atomic mass is 19.1. The van der Waals surface area contributed by atoms with Gasteiger partial charge in [0.2, 0.25) is 11.9 Å². The Labute approximate surface area is 256 Å². The minimum atomic E-state index is -0.266. The summed E-state index contributed by atoms with van der Waals surface area (Å²) in [6.07, 6.45) is 9.27. The smallest absolute Gasteiger partial charge is 0.248 e. The van der Waals surface area contributed by atoms with Crippen molar-refractivity contribution in [1.82, 2.24) is 24.6 Å². The van der Waals surface area contributed by atoms with Gasteiger partial charge in [0, 0.05) is 30.7 Å². The normalized spacial score (nSPS) is 22.0. The first-order valence-electron chi connectivity index (χ1n) is 16.1. The number of anilines is 4. The Morgan fingerprint density at radius 3 is 2.25 bits per heavy atom. The number of likely N-dealkylation sites (tertiary alicyclic amines) is 1. The number of halogens is 2. The maximum absolute atomic E-state index is 15.4. The number of hydrogen-bond acceptors (Lipinski definition) is 7. The summed E-state index contributed by atoms with van der Waals surface area (Å²) in [5, 5.41) is 7.77. The summed E-state index contributed by atoms with van der Waals surface area (Å²) >= 11 is 0. The van der Waals surface area contributed by atoms with E-state index in [1.165, 1.54) is 54.4 Å². The lowest BCUT2D eigenvalue weighted by Crippen LogP contribution is -2.44. The lowest BCUT2D eigenvalue weighted by atomic mass is 9.67. The molecule has 0 radical (unpaired) electrons. The molecule has 2 aromatic heterocycles. The van der Waals surface area contributed by atoms with E-state index in [0.717, 1.165) is 68.4 Å². The number of piperidine rings is 1. The van der Waals surface area contributed by atoms with E-state index in [9.17, 15) is 4.39 Å². The molecule has 0 atom stereocenters. The second kappa shape index (κ2) is 11.1. The van der Waals surface area contributed by atoms with E-state index in [2.05, 4.69) is 25.2 Å². The van der Waals surface area contributed by atoms with Gasteiger partial charge in [-0.25, -0.2) is 13.8 Å². The molecule has 4 heterocycles. The Morgan fingerprint density at radius 2 is 1.52 bits per heavy atom. The fraction of sp³-hybridized carbons (Fsp3) is 0.441. The van der Waals surface area contributed by atoms with Crippen molar-refractivity contribution in [3.8, 4) is 16.9 Å². The van der Waals surface area contributed by atoms with E-state index in [1.54, 1.807) is 0 Å². The quantitative estimate of drug-likeness (QED) is 0.255. The molecule has 44 heavy (non-hydrogen) atoms. The van der Waals surface area contributed by atoms with Crippen molar-refractivity contribution in [2.75, 3.05) is 42.1 Å². The molecule has 2 bridgehead atoms. The Bertz CT molecular complexity index is 1660. The van der Waals surface area contributed by atoms with Gasteiger partial charge >= 0.3 is 0 Å². The summed E-state index contributed by atoms with van der Waals surface area (Å²) in [5.74, 6) is 1.35. The number of nitrogens with zero attached hydrogens (tertiary/aromatic N) is 6. The molecular weight excluding hydrogens is 558 g/mol. The summed E-state index contributed by atoms with van der Waals surface area (Å²) in [6, 6.07) is 14.4. The van der Waals surface area contributed by atoms with Gasteiger partial charge in [0.25, 0.3) is 0 Å². The average Bonchev–Trinajstić information content (AvgIpc) is 3.72. The number of fused-ring (bicyclic) bond motifs is 2. The van der Waals surface area contributed by atoms with Gasteiger partial charge in [0.1, 0.15) is 11.6 Å². The summed E-state index contributed by atoms with van der Waals surface area (Å²) in [5.41, 5.74) is 11.9. The number of nitrogens with two attached hydrogens (primary N) is 1. The number of nitrogen functional groups attached to an aromatic ring is 1. The lowest BCUT2D eigenvalue weighted by molar-refractivity contribution is 0.207. The van der Waals surface area contributed by atoms with Crippen molar-refractivity contribution in [2.45, 2.75) is 69.2 Å². The first-order chi connectivity index (χ1) is 21.5. The zero-order valence-corrected chi connectivity index (χ0v) is 24.9. The van der Waals surface area contributed by atoms with E-state index < -0.39 is 0 Å². The fourth-order valence-electron chi connectivity index (χ4n) is 8.03. The van der Waals surface area contributed by atoms with Gasteiger partial charge in [0.05, 0.1) is 11.4 Å². The van der Waals surface area contributed by atoms with Crippen molar-refractivity contribution in [3.05, 3.63) is 71.4 Å². The summed E-state index contributed by atoms with van der Waals surface area (Å²) < 4.78 is 30.7. The molecule has 4 aromatic rings. The highest BCUT2D eigenvalue weighted by Gasteiger charge is 2.37. The Morgan fingerprint density at radius 1 is 0.795 bits per heavy atom. The van der Waals surface area contributed by atoms with Crippen LogP contribution in [0.15, 0.2) is 48.5 Å². The minimum Gasteiger partial charge on any atom is -0.369 e. The van der Waals surface area contributed by atoms with Crippen LogP contribution < -0.4 is 16.0 Å². The molecule has 228 valence electrons. The highest BCUT2D eigenvalue weighted by molar-refractivity contribution is 5.72. The van der Waals surface area contributed by atoms with Crippen LogP contribution in [0, 0.1) is 11.6 Å². The van der Waals surface area contributed by atoms with Crippen LogP contribution in [0.4, 0.5) is 32.1 Å². The predicted molar refractivity (Wildman–Crippen MR) is 169 cm³/mol. The third-order valence-corrected chi connectivity index (χ3v) is 10.3. The Hall–Kier alpha value is -4.05. The molecule has 0 unspecified atom stereocenters. The Kier molecular flexibility index (Phi) is 6.96. The largest absolute Gasteiger partial charge is 0.369 e. The molecule has 2 aliphatic heterocycles. The van der Waals surface area contributed by atoms with Crippen molar-refractivity contribution >= 4 is 23.3 Å². The lowest BCUT2D eigenvalue weighted by Gasteiger charge is -2.39. The molecule has 2 aromatic carbocycles. The van der Waals surface area contributed by atoms with Crippen molar-refractivity contribution in [1.29, 1.82) is 0 Å². The molecule has 8 nitrogen and oxygen atoms in total. The van der Waals surface area contributed by atoms with Crippen LogP contribution in [0.25, 0.3) is 16.9 Å². The maximum atomic E-state index is 15.4. The molecule has 1 saturated carbocycles. The SMILES string of the molecule is Nc1nc(Nc2ccc(N3CCC(N4CCCC4)CC3)c(F)c2)nn1-c1cc(-c2ccc(F)cc2)c2c(n1)C1CCC2CC1. The third-order valence-electron chi connectivity index (χ3n) is 10.3. The first-order valence-corrected chi connectivity index (χ1v) is 16.1. The number of hydrogen-bond donors (Lipinski definition) is 2. The van der Waals surface area contributed by atoms with Gasteiger partial charge in [-0.05, 0) is 123 Å². The molecule has 10 heteroatoms. The van der Waals surface area contributed by atoms with Gasteiger partial charge < -0.3 is 20.9 Å². The van der Waals surface area contributed by atoms with Gasteiger partial charge in [0.15, 0.2) is 5.82 Å². The Balaban J connectivity index is 1.04. The summed E-state index contributed by atoms with van der Waals surface area (Å²) in [7, 11) is 0. The summed E-state index contributed by atoms with van der Waals surface area (Å²) in [6.45, 7) is 4.13. The van der Waals surface area contributed by atoms with Crippen LogP contribution >= 0.6 is 0 Å². The number of pyridine rings is 1. The molecular formula is C34H38F2N8. The van der Waals surface area contributed by atoms with Gasteiger partial charge in [-0.15, -0.1) is 5.10 Å². The molecule has 2 saturated heterocycles. The van der Waals surface area contributed by atoms with Crippen LogP contribution in [0.5, 0.6) is 0 Å². The molecule has 3 fully saturated rings. The second-order valence-electron chi connectivity index (χ2n) is 12.8. The monoisotopic (exact) mass is 596 g/mol. The minimum absolute atomic E-state index is 0.184. The van der Waals surface area contributed by atoms with Gasteiger partial charge in [-0.2, -0.15) is 9.67 Å². The zero-order valence-electron chi connectivity index (χ0n) is 24.9. The van der Waals surface area contributed by atoms with Crippen LogP contribution in [-0.4, -0.2) is 56.9 Å². The van der Waals surface area contributed by atoms with Gasteiger partial charge in [-0.3, -0.25) is 0 Å². The molecule has 0 spiro atoms. The molecule has 9 rings (SSSR count). The van der Waals surface area contributed by atoms with Crippen LogP contribution in [-0.2, 0) is 0 Å². The average molecular weight is 597 g/mol. The fourth-order valence-corrected chi connectivity index (χ4v) is 8.03. The van der Waals surface area contributed by atoms with Gasteiger partial charge in [-0.1, -0.05) is 12.1 Å². The van der Waals surface area contributed by atoms with Crippen LogP contribution in [0.2, 0.25) is 0 Å². The van der Waals surface area contributed by atoms with Crippen molar-refractivity contribution in [3.63, 3.8) is 0 Å². The summed E-state index contributed by atoms with van der Waals surface area (Å²) in [4.78, 5) is 14.3. The standard InChI is InChI=1S/C34H38F2N8/c35-24-9-7-21(8-10-24)27-20-30(39-32-23-5-3-22(4-6-23)31(27)32)44-33(37)40-34(41-44)38-25-11-12-29(28(36)19-25)43-17-13-26(14-18-43)42-15-1-2-16-42/h7-12,19-20,22-23,26H,1-6,13-18H2,(H3,37,38,40,41). The number of benzene rings is 2. The van der Waals surface area contributed by atoms with E-state index >= 15 is 4.39 Å². The number of nitrogens with one attached hydrogen (secondary N) is 1. The first kappa shape index (κ1) is 27.5. The van der Waals surface area contributed by atoms with E-state index in [-0.39, 0.29) is 23.5 Å². The zero-order chi connectivity index (χ0) is 29.8. The van der Waals surface area contributed by atoms with Crippen LogP contribution in [0.3, 0.4) is 0 Å². The van der Waals surface area contributed by atoms with Crippen molar-refractivity contribution in [2.24, 2.45) is 0 Å². The molecule has 5 aliphatic rings. The second-order valence-corrected chi connectivity index (χ2v) is 12.8. The predicted octanol–water partition coefficient (Wildman–Crippen LogP) is 6.75. The number of aromatic nitrogens is 4. The van der Waals surface area contributed by atoms with Crippen LogP contribution in [0.1, 0.15) is 74.5 Å². The maximum Gasteiger partial charge on any atom is 0.248 e. The molecule has 3 N–H and O–H groups in total. The topological polar surface area (TPSA) is 88.1 Å². The molecule has 0 amide bonds. The highest BCUT2D eigenvalue weighted by Crippen LogP contribution is 2.52. The van der Waals surface area contributed by atoms with Crippen molar-refractivity contribution < 1.29 is 8.78 Å². The number of rotatable bonds is 6. The van der Waals surface area contributed by atoms with E-state index in [1.807, 2.05) is 30.3 Å². The molecule has 3 aliphatic carbocycles. The third kappa shape index (κ3) is 4.99. The van der Waals surface area contributed by atoms with E-state index in [0.29, 0.717) is 35.1 Å².